The molecule has 0 bridgehead atoms. The van der Waals surface area contributed by atoms with Crippen LogP contribution in [-0.2, 0) is 35.2 Å². The number of rotatable bonds is 20. The van der Waals surface area contributed by atoms with E-state index in [4.69, 9.17) is 20.9 Å². The van der Waals surface area contributed by atoms with Crippen molar-refractivity contribution < 1.29 is 78.8 Å². The fourth-order valence-electron chi connectivity index (χ4n) is 9.60. The molecule has 0 aliphatic carbocycles. The fraction of sp³-hybridized carbons (Fsp3) is 0.635. The number of carbonyl (C=O) groups excluding carboxylic acids is 7. The van der Waals surface area contributed by atoms with Gasteiger partial charge in [0.05, 0.1) is 43.2 Å². The van der Waals surface area contributed by atoms with Gasteiger partial charge in [-0.3, -0.25) is 33.6 Å². The number of benzene rings is 2. The van der Waals surface area contributed by atoms with E-state index < -0.39 is 152 Å². The minimum absolute atomic E-state index is 0.00258. The Morgan fingerprint density at radius 2 is 1.40 bits per heavy atom. The van der Waals surface area contributed by atoms with Crippen LogP contribution in [0.15, 0.2) is 42.5 Å². The molecular weight excluding hydrogens is 1010 g/mol. The van der Waals surface area contributed by atoms with Crippen LogP contribution in [0.3, 0.4) is 0 Å². The van der Waals surface area contributed by atoms with Crippen LogP contribution in [-0.4, -0.2) is 206 Å². The summed E-state index contributed by atoms with van der Waals surface area (Å²) in [5, 5.41) is 90.6. The lowest BCUT2D eigenvalue weighted by molar-refractivity contribution is -0.147. The van der Waals surface area contributed by atoms with E-state index in [9.17, 15) is 69.3 Å². The largest absolute Gasteiger partial charge is 0.504 e. The van der Waals surface area contributed by atoms with Crippen molar-refractivity contribution in [1.29, 1.82) is 0 Å². The number of hydrogen-bond acceptors (Lipinski definition) is 18. The van der Waals surface area contributed by atoms with Gasteiger partial charge in [0, 0.05) is 56.9 Å². The first-order valence-electron chi connectivity index (χ1n) is 26.5. The van der Waals surface area contributed by atoms with Crippen LogP contribution in [0.1, 0.15) is 94.5 Å². The smallest absolute Gasteiger partial charge is 0.251 e. The number of nitrogens with two attached hydrogens (primary N) is 2. The summed E-state index contributed by atoms with van der Waals surface area (Å²) < 4.78 is 11.3. The molecule has 77 heavy (non-hydrogen) atoms. The van der Waals surface area contributed by atoms with E-state index in [0.29, 0.717) is 12.4 Å². The van der Waals surface area contributed by atoms with E-state index in [0.717, 1.165) is 48.8 Å². The second-order valence-corrected chi connectivity index (χ2v) is 20.2. The highest BCUT2D eigenvalue weighted by molar-refractivity contribution is 6.00. The van der Waals surface area contributed by atoms with Crippen molar-refractivity contribution in [3.63, 3.8) is 0 Å². The number of phenolic OH excluding ortho intramolecular Hbond substituents is 1. The first-order chi connectivity index (χ1) is 36.7. The molecule has 3 fully saturated rings. The molecule has 25 heteroatoms. The molecule has 7 amide bonds. The third-order valence-corrected chi connectivity index (χ3v) is 13.9. The molecule has 0 radical (unpaired) electrons. The molecule has 3 aliphatic heterocycles. The maximum Gasteiger partial charge on any atom is 0.251 e. The number of nitrogens with zero attached hydrogens (tertiary/aromatic N) is 2. The van der Waals surface area contributed by atoms with Crippen LogP contribution >= 0.6 is 0 Å². The van der Waals surface area contributed by atoms with Gasteiger partial charge in [0.25, 0.3) is 5.91 Å². The summed E-state index contributed by atoms with van der Waals surface area (Å²) >= 11 is 0. The van der Waals surface area contributed by atoms with Crippen LogP contribution in [0.25, 0.3) is 0 Å². The lowest BCUT2D eigenvalue weighted by Crippen LogP contribution is -2.64. The first kappa shape index (κ1) is 61.7. The average Bonchev–Trinajstić information content (AvgIpc) is 3.94. The lowest BCUT2D eigenvalue weighted by atomic mass is 9.98. The van der Waals surface area contributed by atoms with Crippen molar-refractivity contribution >= 4 is 41.4 Å². The summed E-state index contributed by atoms with van der Waals surface area (Å²) in [7, 11) is 0. The molecule has 2 aromatic carbocycles. The van der Waals surface area contributed by atoms with Gasteiger partial charge in [0.2, 0.25) is 35.4 Å². The molecule has 0 aromatic heterocycles. The number of phenols is 1. The predicted molar refractivity (Wildman–Crippen MR) is 277 cm³/mol. The Hall–Kier alpha value is -6.19. The number of amides is 7. The molecule has 1 unspecified atom stereocenters. The molecule has 25 nitrogen and oxygen atoms in total. The van der Waals surface area contributed by atoms with Crippen molar-refractivity contribution in [1.82, 2.24) is 36.4 Å². The zero-order chi connectivity index (χ0) is 56.5. The van der Waals surface area contributed by atoms with Crippen molar-refractivity contribution in [3.05, 3.63) is 53.6 Å². The summed E-state index contributed by atoms with van der Waals surface area (Å²) in [6.07, 6.45) is -5.28. The lowest BCUT2D eigenvalue weighted by Gasteiger charge is -2.34. The topological polar surface area (TPSA) is 398 Å². The highest BCUT2D eigenvalue weighted by Crippen LogP contribution is 2.29. The summed E-state index contributed by atoms with van der Waals surface area (Å²) in [6, 6.07) is -0.757. The van der Waals surface area contributed by atoms with E-state index in [-0.39, 0.29) is 55.3 Å². The molecule has 0 spiro atoms. The monoisotopic (exact) mass is 1090 g/mol. The van der Waals surface area contributed by atoms with Gasteiger partial charge in [-0.15, -0.1) is 0 Å². The predicted octanol–water partition coefficient (Wildman–Crippen LogP) is -3.23. The van der Waals surface area contributed by atoms with Crippen LogP contribution in [0.4, 0.5) is 0 Å². The summed E-state index contributed by atoms with van der Waals surface area (Å²) in [6.45, 7) is 3.76. The molecule has 2 aromatic rings. The van der Waals surface area contributed by atoms with Gasteiger partial charge in [-0.25, -0.2) is 0 Å². The number of nitrogens with one attached hydrogen (secondary N) is 5. The Labute approximate surface area is 447 Å². The molecule has 0 saturated carbocycles. The van der Waals surface area contributed by atoms with Crippen molar-refractivity contribution in [2.75, 3.05) is 45.9 Å². The van der Waals surface area contributed by atoms with Gasteiger partial charge in [0.15, 0.2) is 11.5 Å². The van der Waals surface area contributed by atoms with Crippen molar-refractivity contribution in [2.24, 2.45) is 17.4 Å². The van der Waals surface area contributed by atoms with E-state index in [1.165, 1.54) is 43.7 Å². The number of aliphatic hydroxyl groups is 6. The normalized spacial score (nSPS) is 27.2. The van der Waals surface area contributed by atoms with Gasteiger partial charge in [0.1, 0.15) is 48.6 Å². The molecule has 5 rings (SSSR count). The maximum absolute atomic E-state index is 14.6. The van der Waals surface area contributed by atoms with E-state index in [1.807, 2.05) is 0 Å². The Bertz CT molecular complexity index is 2310. The Morgan fingerprint density at radius 3 is 2.08 bits per heavy atom. The number of unbranched alkanes of at least 4 members (excludes halogenated alkanes) is 5. The SMILES string of the molecule is CCCCCCCCOc1ccc(C(=O)NC2C[C@@H](O)CNC(=O)[C@@H]3[C@@H](O)[C@@H](C)CN3C(=O)[C@H]([C@H](O)CCN)NC(=O)[C@H]([C@H](O)Cc3ccc(O)c(OCCN)c3)NC(=O)[C@@H]3C[C@@H](O)CN3C(=O)[C@H]([C@@H](C)O)NC2=O)cc1. The van der Waals surface area contributed by atoms with Crippen molar-refractivity contribution in [2.45, 2.75) is 158 Å². The third-order valence-electron chi connectivity index (χ3n) is 13.9. The summed E-state index contributed by atoms with van der Waals surface area (Å²) in [4.78, 5) is 102. The van der Waals surface area contributed by atoms with E-state index in [1.54, 1.807) is 12.1 Å². The second-order valence-electron chi connectivity index (χ2n) is 20.2. The number of ether oxygens (including phenoxy) is 2. The Kier molecular flexibility index (Phi) is 23.6. The quantitative estimate of drug-likeness (QED) is 0.0580. The summed E-state index contributed by atoms with van der Waals surface area (Å²) in [5.41, 5.74) is 11.7. The maximum atomic E-state index is 14.6. The number of aliphatic hydroxyl groups excluding tert-OH is 6. The number of β-amino-alcohol motifs (C(OH)–C–C–N with tert-alkyl or cyclic N) is 1. The van der Waals surface area contributed by atoms with Gasteiger partial charge < -0.3 is 93.1 Å². The zero-order valence-corrected chi connectivity index (χ0v) is 43.9. The summed E-state index contributed by atoms with van der Waals surface area (Å²) in [5.74, 6) is -8.01. The second kappa shape index (κ2) is 29.5. The Balaban J connectivity index is 1.51. The molecule has 428 valence electrons. The van der Waals surface area contributed by atoms with Crippen LogP contribution in [0, 0.1) is 5.92 Å². The van der Waals surface area contributed by atoms with Gasteiger partial charge in [-0.05, 0) is 68.3 Å². The number of carbonyl (C=O) groups is 7. The number of aromatic hydroxyl groups is 1. The van der Waals surface area contributed by atoms with E-state index in [2.05, 4.69) is 33.5 Å². The minimum atomic E-state index is -2.02. The highest BCUT2D eigenvalue weighted by atomic mass is 16.5. The number of fused-ring (bicyclic) bond motifs is 2. The van der Waals surface area contributed by atoms with Crippen LogP contribution in [0.2, 0.25) is 0 Å². The molecule has 3 saturated heterocycles. The van der Waals surface area contributed by atoms with Crippen LogP contribution in [0.5, 0.6) is 17.2 Å². The molecular formula is C52H79N9O16. The number of hydrogen-bond donors (Lipinski definition) is 14. The fourth-order valence-corrected chi connectivity index (χ4v) is 9.60. The average molecular weight is 1090 g/mol. The molecule has 3 heterocycles. The van der Waals surface area contributed by atoms with Gasteiger partial charge in [-0.1, -0.05) is 52.0 Å². The highest BCUT2D eigenvalue weighted by Gasteiger charge is 2.49. The van der Waals surface area contributed by atoms with Crippen LogP contribution < -0.4 is 47.5 Å². The van der Waals surface area contributed by atoms with Gasteiger partial charge >= 0.3 is 0 Å². The standard InChI is InChI=1S/C52H79N9O16/c1-4-5-6-7-8-9-19-76-34-13-11-31(12-14-34)46(69)56-35-23-32(63)25-55-50(73)44-45(68)28(2)26-61(44)52(75)43(38(66)16-17-53)59-49(72)42(39(67)21-30-10-15-37(65)40(22-30)77-20-18-54)58-48(71)36-24-33(64)27-60(36)51(74)41(29(3)62)57-47(35)70/h10-15,22,28-29,32-33,35-36,38-39,41-45,62-68H,4-9,16-21,23-27,53-54H2,1-3H3,(H,55,73)(H,56,69)(H,57,70)(H,58,71)(H,59,72)/t28-,29+,32+,33+,35?,36-,38+,39+,41-,42-,43-,44-,45-/m0/s1. The molecule has 16 N–H and O–H groups in total. The van der Waals surface area contributed by atoms with Crippen molar-refractivity contribution in [3.8, 4) is 17.2 Å². The van der Waals surface area contributed by atoms with E-state index >= 15 is 0 Å². The zero-order valence-electron chi connectivity index (χ0n) is 43.9. The van der Waals surface area contributed by atoms with Gasteiger partial charge in [-0.2, -0.15) is 0 Å². The first-order valence-corrected chi connectivity index (χ1v) is 26.5. The third kappa shape index (κ3) is 16.9. The molecule has 13 atom stereocenters. The Morgan fingerprint density at radius 1 is 0.740 bits per heavy atom. The molecule has 3 aliphatic rings. The minimum Gasteiger partial charge on any atom is -0.504 e.